The number of hydrogen-bond acceptors (Lipinski definition) is 5. The quantitative estimate of drug-likeness (QED) is 0.666. The van der Waals surface area contributed by atoms with Gasteiger partial charge in [-0.3, -0.25) is 9.69 Å². The van der Waals surface area contributed by atoms with E-state index in [1.807, 2.05) is 41.6 Å². The van der Waals surface area contributed by atoms with Gasteiger partial charge in [-0.05, 0) is 43.8 Å². The van der Waals surface area contributed by atoms with Gasteiger partial charge >= 0.3 is 0 Å². The number of likely N-dealkylation sites (N-methyl/N-ethyl adjacent to an activating group) is 1. The van der Waals surface area contributed by atoms with E-state index in [9.17, 15) is 4.79 Å². The first-order valence-electron chi connectivity index (χ1n) is 8.67. The first kappa shape index (κ1) is 19.1. The average molecular weight is 382 g/mol. The predicted molar refractivity (Wildman–Crippen MR) is 110 cm³/mol. The van der Waals surface area contributed by atoms with Crippen LogP contribution in [0.15, 0.2) is 53.9 Å². The van der Waals surface area contributed by atoms with Crippen molar-refractivity contribution in [1.82, 2.24) is 9.88 Å². The lowest BCUT2D eigenvalue weighted by atomic mass is 10.1. The summed E-state index contributed by atoms with van der Waals surface area (Å²) < 4.78 is 5.17. The summed E-state index contributed by atoms with van der Waals surface area (Å²) in [6.07, 6.45) is 0. The van der Waals surface area contributed by atoms with Gasteiger partial charge in [0.25, 0.3) is 0 Å². The van der Waals surface area contributed by atoms with E-state index in [0.717, 1.165) is 23.6 Å². The van der Waals surface area contributed by atoms with Crippen LogP contribution in [-0.2, 0) is 11.3 Å². The molecule has 0 fully saturated rings. The van der Waals surface area contributed by atoms with Crippen LogP contribution in [0.25, 0.3) is 11.3 Å². The third-order valence-corrected chi connectivity index (χ3v) is 4.88. The molecule has 0 bridgehead atoms. The molecule has 3 rings (SSSR count). The molecule has 2 aromatic carbocycles. The highest BCUT2D eigenvalue weighted by Crippen LogP contribution is 2.26. The Balaban J connectivity index is 1.54. The molecule has 0 saturated heterocycles. The number of benzene rings is 2. The van der Waals surface area contributed by atoms with Crippen molar-refractivity contribution in [2.75, 3.05) is 26.0 Å². The van der Waals surface area contributed by atoms with E-state index in [0.29, 0.717) is 11.7 Å². The summed E-state index contributed by atoms with van der Waals surface area (Å²) in [6, 6.07) is 16.0. The molecule has 1 aromatic heterocycles. The van der Waals surface area contributed by atoms with Gasteiger partial charge < -0.3 is 10.1 Å². The number of hydrogen-bond donors (Lipinski definition) is 1. The van der Waals surface area contributed by atoms with Crippen molar-refractivity contribution in [1.29, 1.82) is 0 Å². The minimum Gasteiger partial charge on any atom is -0.497 e. The van der Waals surface area contributed by atoms with Crippen LogP contribution in [0.2, 0.25) is 0 Å². The molecule has 0 unspecified atom stereocenters. The molecule has 0 aliphatic rings. The fourth-order valence-electron chi connectivity index (χ4n) is 2.69. The molecule has 3 aromatic rings. The number of methoxy groups -OCH3 is 1. The van der Waals surface area contributed by atoms with Crippen molar-refractivity contribution in [3.05, 3.63) is 65.0 Å². The second kappa shape index (κ2) is 8.79. The van der Waals surface area contributed by atoms with Gasteiger partial charge in [0, 0.05) is 17.5 Å². The third-order valence-electron chi connectivity index (χ3n) is 4.12. The largest absolute Gasteiger partial charge is 0.497 e. The van der Waals surface area contributed by atoms with E-state index < -0.39 is 0 Å². The number of thiazole rings is 1. The maximum atomic E-state index is 12.3. The van der Waals surface area contributed by atoms with E-state index in [4.69, 9.17) is 4.74 Å². The number of ether oxygens (including phenoxy) is 1. The average Bonchev–Trinajstić information content (AvgIpc) is 3.12. The molecular formula is C21H23N3O2S. The lowest BCUT2D eigenvalue weighted by molar-refractivity contribution is -0.117. The highest BCUT2D eigenvalue weighted by atomic mass is 32.1. The third kappa shape index (κ3) is 5.39. The van der Waals surface area contributed by atoms with Crippen molar-refractivity contribution < 1.29 is 9.53 Å². The van der Waals surface area contributed by atoms with Gasteiger partial charge in [0.2, 0.25) is 5.91 Å². The maximum Gasteiger partial charge on any atom is 0.240 e. The highest BCUT2D eigenvalue weighted by Gasteiger charge is 2.11. The molecule has 0 aliphatic carbocycles. The monoisotopic (exact) mass is 381 g/mol. The minimum absolute atomic E-state index is 0.0692. The Hall–Kier alpha value is -2.70. The fraction of sp³-hybridized carbons (Fsp3) is 0.238. The van der Waals surface area contributed by atoms with Gasteiger partial charge in [0.1, 0.15) is 5.75 Å². The van der Waals surface area contributed by atoms with Crippen LogP contribution in [0.4, 0.5) is 5.13 Å². The first-order valence-corrected chi connectivity index (χ1v) is 9.55. The number of nitrogens with one attached hydrogen (secondary N) is 1. The molecule has 0 radical (unpaired) electrons. The Labute approximate surface area is 163 Å². The van der Waals surface area contributed by atoms with Crippen LogP contribution in [0.5, 0.6) is 5.75 Å². The number of aromatic nitrogens is 1. The zero-order valence-corrected chi connectivity index (χ0v) is 16.5. The summed E-state index contributed by atoms with van der Waals surface area (Å²) in [6.45, 7) is 3.10. The molecular weight excluding hydrogens is 358 g/mol. The summed E-state index contributed by atoms with van der Waals surface area (Å²) in [5, 5.41) is 5.43. The molecule has 1 heterocycles. The van der Waals surface area contributed by atoms with Crippen LogP contribution in [0.3, 0.4) is 0 Å². The van der Waals surface area contributed by atoms with Crippen molar-refractivity contribution in [3.63, 3.8) is 0 Å². The predicted octanol–water partition coefficient (Wildman–Crippen LogP) is 4.20. The molecule has 0 spiro atoms. The fourth-order valence-corrected chi connectivity index (χ4v) is 3.43. The van der Waals surface area contributed by atoms with E-state index in [1.54, 1.807) is 7.11 Å². The number of carbonyl (C=O) groups is 1. The van der Waals surface area contributed by atoms with Crippen molar-refractivity contribution in [3.8, 4) is 17.0 Å². The molecule has 6 heteroatoms. The Morgan fingerprint density at radius 3 is 2.52 bits per heavy atom. The molecule has 1 amide bonds. The van der Waals surface area contributed by atoms with Gasteiger partial charge in [-0.1, -0.05) is 29.8 Å². The standard InChI is InChI=1S/C21H23N3O2S/c1-15-4-6-16(7-5-15)12-24(2)13-20(25)23-21-22-19(14-27-21)17-8-10-18(26-3)11-9-17/h4-11,14H,12-13H2,1-3H3,(H,22,23,25). The van der Waals surface area contributed by atoms with Gasteiger partial charge in [0.15, 0.2) is 5.13 Å². The van der Waals surface area contributed by atoms with Crippen molar-refractivity contribution >= 4 is 22.4 Å². The summed E-state index contributed by atoms with van der Waals surface area (Å²) in [7, 11) is 3.57. The van der Waals surface area contributed by atoms with Gasteiger partial charge in [-0.15, -0.1) is 11.3 Å². The topological polar surface area (TPSA) is 54.5 Å². The molecule has 140 valence electrons. The maximum absolute atomic E-state index is 12.3. The Bertz CT molecular complexity index is 889. The van der Waals surface area contributed by atoms with Gasteiger partial charge in [-0.2, -0.15) is 0 Å². The minimum atomic E-state index is -0.0692. The van der Waals surface area contributed by atoms with Gasteiger partial charge in [-0.25, -0.2) is 4.98 Å². The van der Waals surface area contributed by atoms with Crippen LogP contribution in [-0.4, -0.2) is 36.5 Å². The number of rotatable bonds is 7. The van der Waals surface area contributed by atoms with Crippen LogP contribution in [0, 0.1) is 6.92 Å². The number of amides is 1. The lowest BCUT2D eigenvalue weighted by Gasteiger charge is -2.15. The number of anilines is 1. The van der Waals surface area contributed by atoms with Gasteiger partial charge in [0.05, 0.1) is 19.3 Å². The molecule has 0 saturated carbocycles. The summed E-state index contributed by atoms with van der Waals surface area (Å²) in [4.78, 5) is 18.8. The molecule has 27 heavy (non-hydrogen) atoms. The Morgan fingerprint density at radius 1 is 1.15 bits per heavy atom. The van der Waals surface area contributed by atoms with Crippen LogP contribution >= 0.6 is 11.3 Å². The second-order valence-corrected chi connectivity index (χ2v) is 7.33. The number of aryl methyl sites for hydroxylation is 1. The zero-order valence-electron chi connectivity index (χ0n) is 15.7. The summed E-state index contributed by atoms with van der Waals surface area (Å²) in [5.74, 6) is 0.736. The second-order valence-electron chi connectivity index (χ2n) is 6.47. The zero-order chi connectivity index (χ0) is 19.2. The van der Waals surface area contributed by atoms with Crippen LogP contribution in [0.1, 0.15) is 11.1 Å². The van der Waals surface area contributed by atoms with E-state index >= 15 is 0 Å². The normalized spacial score (nSPS) is 10.8. The van der Waals surface area contributed by atoms with E-state index in [-0.39, 0.29) is 5.91 Å². The molecule has 5 nitrogen and oxygen atoms in total. The SMILES string of the molecule is COc1ccc(-c2csc(NC(=O)CN(C)Cc3ccc(C)cc3)n2)cc1. The van der Waals surface area contributed by atoms with E-state index in [1.165, 1.54) is 22.5 Å². The molecule has 1 N–H and O–H groups in total. The first-order chi connectivity index (χ1) is 13.0. The number of nitrogens with zero attached hydrogens (tertiary/aromatic N) is 2. The van der Waals surface area contributed by atoms with Crippen molar-refractivity contribution in [2.45, 2.75) is 13.5 Å². The highest BCUT2D eigenvalue weighted by molar-refractivity contribution is 7.14. The Morgan fingerprint density at radius 2 is 1.85 bits per heavy atom. The molecule has 0 aliphatic heterocycles. The molecule has 0 atom stereocenters. The number of carbonyl (C=O) groups excluding carboxylic acids is 1. The smallest absolute Gasteiger partial charge is 0.240 e. The Kier molecular flexibility index (Phi) is 6.21. The summed E-state index contributed by atoms with van der Waals surface area (Å²) >= 11 is 1.42. The van der Waals surface area contributed by atoms with Crippen LogP contribution < -0.4 is 10.1 Å². The lowest BCUT2D eigenvalue weighted by Crippen LogP contribution is -2.29. The van der Waals surface area contributed by atoms with Crippen molar-refractivity contribution in [2.24, 2.45) is 0 Å². The van der Waals surface area contributed by atoms with E-state index in [2.05, 4.69) is 41.5 Å². The summed E-state index contributed by atoms with van der Waals surface area (Å²) in [5.41, 5.74) is 4.25.